The molecule has 0 unspecified atom stereocenters. The van der Waals surface area contributed by atoms with Gasteiger partial charge in [0.2, 0.25) is 0 Å². The molecule has 5 nitrogen and oxygen atoms in total. The quantitative estimate of drug-likeness (QED) is 0.882. The Balaban J connectivity index is 2.13. The summed E-state index contributed by atoms with van der Waals surface area (Å²) in [5.74, 6) is -0.227. The van der Waals surface area contributed by atoms with Crippen molar-refractivity contribution in [2.24, 2.45) is 0 Å². The Morgan fingerprint density at radius 2 is 2.15 bits per heavy atom. The first-order chi connectivity index (χ1) is 9.41. The topological polar surface area (TPSA) is 66.9 Å². The Hall–Kier alpha value is -1.47. The van der Waals surface area contributed by atoms with Crippen molar-refractivity contribution in [2.75, 3.05) is 10.6 Å². The summed E-state index contributed by atoms with van der Waals surface area (Å²) in [6, 6.07) is 0. The maximum absolute atomic E-state index is 12.2. The van der Waals surface area contributed by atoms with Gasteiger partial charge in [-0.3, -0.25) is 10.1 Å². The predicted molar refractivity (Wildman–Crippen MR) is 84.9 cm³/mol. The number of nitrogens with one attached hydrogen (secondary N) is 2. The van der Waals surface area contributed by atoms with Crippen LogP contribution in [0.1, 0.15) is 43.4 Å². The average Bonchev–Trinajstić information content (AvgIpc) is 2.98. The number of aromatic nitrogens is 2. The SMILES string of the molecule is CCC(C)(C)Nc1scnc1C(=O)Nc1nc(C)cs1. The van der Waals surface area contributed by atoms with Gasteiger partial charge in [0.25, 0.3) is 5.91 Å². The molecule has 0 saturated heterocycles. The van der Waals surface area contributed by atoms with Gasteiger partial charge in [0.15, 0.2) is 10.8 Å². The summed E-state index contributed by atoms with van der Waals surface area (Å²) in [7, 11) is 0. The third-order valence-electron chi connectivity index (χ3n) is 2.96. The van der Waals surface area contributed by atoms with Crippen molar-refractivity contribution in [2.45, 2.75) is 39.7 Å². The first kappa shape index (κ1) is 14.9. The number of carbonyl (C=O) groups is 1. The molecule has 1 amide bonds. The summed E-state index contributed by atoms with van der Waals surface area (Å²) >= 11 is 2.85. The molecule has 2 aromatic rings. The van der Waals surface area contributed by atoms with Crippen LogP contribution in [0.4, 0.5) is 10.1 Å². The van der Waals surface area contributed by atoms with Crippen molar-refractivity contribution >= 4 is 38.7 Å². The molecule has 2 heterocycles. The molecule has 0 spiro atoms. The lowest BCUT2D eigenvalue weighted by atomic mass is 10.0. The maximum atomic E-state index is 12.2. The smallest absolute Gasteiger partial charge is 0.279 e. The molecule has 108 valence electrons. The van der Waals surface area contributed by atoms with Crippen LogP contribution in [0.25, 0.3) is 0 Å². The number of carbonyl (C=O) groups excluding carboxylic acids is 1. The second kappa shape index (κ2) is 5.88. The summed E-state index contributed by atoms with van der Waals surface area (Å²) < 4.78 is 0. The summed E-state index contributed by atoms with van der Waals surface area (Å²) in [6.07, 6.45) is 0.956. The predicted octanol–water partition coefficient (Wildman–Crippen LogP) is 3.76. The van der Waals surface area contributed by atoms with Crippen LogP contribution in [0.15, 0.2) is 10.9 Å². The average molecular weight is 310 g/mol. The van der Waals surface area contributed by atoms with E-state index < -0.39 is 0 Å². The summed E-state index contributed by atoms with van der Waals surface area (Å²) in [6.45, 7) is 8.19. The molecule has 2 N–H and O–H groups in total. The van der Waals surface area contributed by atoms with E-state index in [1.165, 1.54) is 22.7 Å². The van der Waals surface area contributed by atoms with Crippen LogP contribution in [-0.2, 0) is 0 Å². The van der Waals surface area contributed by atoms with Gasteiger partial charge in [0.05, 0.1) is 11.2 Å². The van der Waals surface area contributed by atoms with Gasteiger partial charge in [-0.1, -0.05) is 6.92 Å². The van der Waals surface area contributed by atoms with Gasteiger partial charge in [-0.2, -0.15) is 0 Å². The minimum Gasteiger partial charge on any atom is -0.370 e. The van der Waals surface area contributed by atoms with E-state index in [0.29, 0.717) is 10.8 Å². The van der Waals surface area contributed by atoms with Crippen LogP contribution in [-0.4, -0.2) is 21.4 Å². The molecular weight excluding hydrogens is 292 g/mol. The molecule has 2 rings (SSSR count). The Labute approximate surface area is 126 Å². The zero-order valence-corrected chi connectivity index (χ0v) is 13.6. The van der Waals surface area contributed by atoms with Crippen molar-refractivity contribution in [1.29, 1.82) is 0 Å². The molecule has 20 heavy (non-hydrogen) atoms. The lowest BCUT2D eigenvalue weighted by molar-refractivity contribution is 0.102. The number of rotatable bonds is 5. The first-order valence-corrected chi connectivity index (χ1v) is 8.12. The van der Waals surface area contributed by atoms with E-state index in [2.05, 4.69) is 41.4 Å². The fourth-order valence-electron chi connectivity index (χ4n) is 1.46. The largest absolute Gasteiger partial charge is 0.370 e. The van der Waals surface area contributed by atoms with Crippen molar-refractivity contribution < 1.29 is 4.79 Å². The van der Waals surface area contributed by atoms with Gasteiger partial charge in [-0.15, -0.1) is 22.7 Å². The van der Waals surface area contributed by atoms with Crippen LogP contribution >= 0.6 is 22.7 Å². The van der Waals surface area contributed by atoms with Crippen LogP contribution in [0.5, 0.6) is 0 Å². The minimum atomic E-state index is -0.227. The minimum absolute atomic E-state index is 0.0701. The van der Waals surface area contributed by atoms with Gasteiger partial charge >= 0.3 is 0 Å². The monoisotopic (exact) mass is 310 g/mol. The molecule has 0 aliphatic carbocycles. The van der Waals surface area contributed by atoms with Crippen LogP contribution < -0.4 is 10.6 Å². The van der Waals surface area contributed by atoms with Crippen LogP contribution in [0.2, 0.25) is 0 Å². The Kier molecular flexibility index (Phi) is 4.39. The first-order valence-electron chi connectivity index (χ1n) is 6.36. The summed E-state index contributed by atoms with van der Waals surface area (Å²) in [4.78, 5) is 20.6. The molecule has 0 radical (unpaired) electrons. The van der Waals surface area contributed by atoms with Crippen molar-refractivity contribution in [3.8, 4) is 0 Å². The van der Waals surface area contributed by atoms with E-state index in [1.54, 1.807) is 5.51 Å². The second-order valence-electron chi connectivity index (χ2n) is 5.14. The third-order valence-corrected chi connectivity index (χ3v) is 4.58. The third kappa shape index (κ3) is 3.55. The molecule has 0 atom stereocenters. The summed E-state index contributed by atoms with van der Waals surface area (Å²) in [5, 5.41) is 9.44. The highest BCUT2D eigenvalue weighted by Crippen LogP contribution is 2.26. The number of thiazole rings is 2. The molecule has 0 saturated carbocycles. The normalized spacial score (nSPS) is 11.4. The van der Waals surface area contributed by atoms with Crippen molar-refractivity contribution in [3.05, 3.63) is 22.3 Å². The number of amides is 1. The van der Waals surface area contributed by atoms with Gasteiger partial charge in [0.1, 0.15) is 5.00 Å². The zero-order chi connectivity index (χ0) is 14.8. The lowest BCUT2D eigenvalue weighted by Crippen LogP contribution is -2.30. The Bertz CT molecular complexity index is 603. The highest BCUT2D eigenvalue weighted by molar-refractivity contribution is 7.14. The zero-order valence-electron chi connectivity index (χ0n) is 12.0. The molecule has 7 heteroatoms. The van der Waals surface area contributed by atoms with Crippen LogP contribution in [0, 0.1) is 6.92 Å². The summed E-state index contributed by atoms with van der Waals surface area (Å²) in [5.41, 5.74) is 2.92. The van der Waals surface area contributed by atoms with Gasteiger partial charge in [0, 0.05) is 10.9 Å². The van der Waals surface area contributed by atoms with Crippen molar-refractivity contribution in [3.63, 3.8) is 0 Å². The van der Waals surface area contributed by atoms with Crippen molar-refractivity contribution in [1.82, 2.24) is 9.97 Å². The Morgan fingerprint density at radius 3 is 2.75 bits per heavy atom. The number of nitrogens with zero attached hydrogens (tertiary/aromatic N) is 2. The van der Waals surface area contributed by atoms with Gasteiger partial charge in [-0.05, 0) is 27.2 Å². The number of anilines is 2. The Morgan fingerprint density at radius 1 is 1.40 bits per heavy atom. The van der Waals surface area contributed by atoms with Gasteiger partial charge < -0.3 is 5.32 Å². The number of aryl methyl sites for hydroxylation is 1. The fraction of sp³-hybridized carbons (Fsp3) is 0.462. The number of hydrogen-bond acceptors (Lipinski definition) is 6. The molecule has 2 aromatic heterocycles. The molecule has 0 bridgehead atoms. The molecule has 0 aromatic carbocycles. The van der Waals surface area contributed by atoms with Gasteiger partial charge in [-0.25, -0.2) is 9.97 Å². The fourth-order valence-corrected chi connectivity index (χ4v) is 3.00. The van der Waals surface area contributed by atoms with E-state index in [-0.39, 0.29) is 11.4 Å². The number of hydrogen-bond donors (Lipinski definition) is 2. The molecule has 0 aliphatic rings. The van der Waals surface area contributed by atoms with E-state index in [0.717, 1.165) is 17.1 Å². The molecule has 0 aliphatic heterocycles. The standard InChI is InChI=1S/C13H18N4OS2/c1-5-13(3,4)17-11-9(14-7-20-11)10(18)16-12-15-8(2)6-19-12/h6-7,17H,5H2,1-4H3,(H,15,16,18). The highest BCUT2D eigenvalue weighted by Gasteiger charge is 2.21. The van der Waals surface area contributed by atoms with E-state index in [1.807, 2.05) is 12.3 Å². The van der Waals surface area contributed by atoms with Crippen LogP contribution in [0.3, 0.4) is 0 Å². The van der Waals surface area contributed by atoms with E-state index in [9.17, 15) is 4.79 Å². The van der Waals surface area contributed by atoms with E-state index in [4.69, 9.17) is 0 Å². The van der Waals surface area contributed by atoms with E-state index >= 15 is 0 Å². The lowest BCUT2D eigenvalue weighted by Gasteiger charge is -2.25. The maximum Gasteiger partial charge on any atom is 0.279 e. The molecule has 0 fully saturated rings. The highest BCUT2D eigenvalue weighted by atomic mass is 32.1. The molecular formula is C13H18N4OS2. The second-order valence-corrected chi connectivity index (χ2v) is 6.85.